The summed E-state index contributed by atoms with van der Waals surface area (Å²) >= 11 is 0. The average molecular weight is 177 g/mol. The highest BCUT2D eigenvalue weighted by atomic mass is 14.8. The van der Waals surface area contributed by atoms with E-state index in [-0.39, 0.29) is 0 Å². The number of hydrogen-bond acceptors (Lipinski definition) is 1. The van der Waals surface area contributed by atoms with Gasteiger partial charge in [-0.2, -0.15) is 0 Å². The van der Waals surface area contributed by atoms with Crippen molar-refractivity contribution in [3.8, 4) is 0 Å². The summed E-state index contributed by atoms with van der Waals surface area (Å²) in [5.41, 5.74) is 1.44. The van der Waals surface area contributed by atoms with Gasteiger partial charge in [-0.25, -0.2) is 0 Å². The van der Waals surface area contributed by atoms with Crippen LogP contribution in [0, 0.1) is 5.92 Å². The zero-order chi connectivity index (χ0) is 9.52. The molecule has 72 valence electrons. The van der Waals surface area contributed by atoms with E-state index in [1.54, 1.807) is 0 Å². The van der Waals surface area contributed by atoms with Crippen molar-refractivity contribution in [1.29, 1.82) is 0 Å². The van der Waals surface area contributed by atoms with E-state index in [1.165, 1.54) is 12.0 Å². The molecule has 0 saturated carbocycles. The number of hydrogen-bond donors (Lipinski definition) is 1. The molecule has 1 N–H and O–H groups in total. The lowest BCUT2D eigenvalue weighted by atomic mass is 10.0. The van der Waals surface area contributed by atoms with E-state index in [2.05, 4.69) is 42.6 Å². The van der Waals surface area contributed by atoms with Crippen molar-refractivity contribution in [2.45, 2.75) is 19.8 Å². The van der Waals surface area contributed by atoms with E-state index in [0.29, 0.717) is 5.92 Å². The molecule has 0 aromatic heterocycles. The fourth-order valence-electron chi connectivity index (χ4n) is 1.58. The van der Waals surface area contributed by atoms with Gasteiger partial charge in [0, 0.05) is 0 Å². The van der Waals surface area contributed by atoms with Gasteiger partial charge in [0.25, 0.3) is 0 Å². The van der Waals surface area contributed by atoms with E-state index in [9.17, 15) is 0 Å². The summed E-state index contributed by atoms with van der Waals surface area (Å²) in [6.07, 6.45) is 13.3. The van der Waals surface area contributed by atoms with Crippen molar-refractivity contribution in [2.75, 3.05) is 13.6 Å². The monoisotopic (exact) mass is 177 g/mol. The van der Waals surface area contributed by atoms with Crippen LogP contribution in [0.15, 0.2) is 36.0 Å². The summed E-state index contributed by atoms with van der Waals surface area (Å²) in [7, 11) is 2.01. The standard InChI is InChI=1S/C12H19N/c1-11(10-13-2)9-12-7-5-3-4-6-8-12/h3,5-8,11,13H,4,9-10H2,1-2H3. The minimum Gasteiger partial charge on any atom is -0.319 e. The van der Waals surface area contributed by atoms with Crippen LogP contribution in [-0.4, -0.2) is 13.6 Å². The maximum absolute atomic E-state index is 3.20. The molecule has 0 spiro atoms. The molecule has 0 aromatic carbocycles. The lowest BCUT2D eigenvalue weighted by molar-refractivity contribution is 0.543. The summed E-state index contributed by atoms with van der Waals surface area (Å²) < 4.78 is 0. The number of rotatable bonds is 4. The zero-order valence-corrected chi connectivity index (χ0v) is 8.59. The van der Waals surface area contributed by atoms with Crippen molar-refractivity contribution in [2.24, 2.45) is 5.92 Å². The summed E-state index contributed by atoms with van der Waals surface area (Å²) in [5.74, 6) is 0.715. The maximum atomic E-state index is 3.20. The Labute approximate surface area is 81.2 Å². The molecule has 1 unspecified atom stereocenters. The molecule has 13 heavy (non-hydrogen) atoms. The Bertz CT molecular complexity index is 223. The van der Waals surface area contributed by atoms with Gasteiger partial charge in [-0.15, -0.1) is 0 Å². The SMILES string of the molecule is CNCC(C)CC1=CC=CCC=C1. The molecular formula is C12H19N. The molecule has 1 aliphatic rings. The molecule has 0 aromatic rings. The molecular weight excluding hydrogens is 158 g/mol. The molecule has 0 radical (unpaired) electrons. The van der Waals surface area contributed by atoms with Crippen LogP contribution in [0.1, 0.15) is 19.8 Å². The van der Waals surface area contributed by atoms with Crippen LogP contribution in [0.3, 0.4) is 0 Å². The second kappa shape index (κ2) is 5.76. The lowest BCUT2D eigenvalue weighted by Gasteiger charge is -2.10. The highest BCUT2D eigenvalue weighted by molar-refractivity contribution is 5.27. The van der Waals surface area contributed by atoms with E-state index in [1.807, 2.05) is 7.05 Å². The largest absolute Gasteiger partial charge is 0.319 e. The predicted octanol–water partition coefficient (Wildman–Crippen LogP) is 2.67. The van der Waals surface area contributed by atoms with Crippen molar-refractivity contribution >= 4 is 0 Å². The van der Waals surface area contributed by atoms with E-state index in [0.717, 1.165) is 13.0 Å². The summed E-state index contributed by atoms with van der Waals surface area (Å²) in [6.45, 7) is 3.37. The van der Waals surface area contributed by atoms with Crippen LogP contribution in [0.25, 0.3) is 0 Å². The van der Waals surface area contributed by atoms with Gasteiger partial charge in [-0.3, -0.25) is 0 Å². The van der Waals surface area contributed by atoms with Gasteiger partial charge < -0.3 is 5.32 Å². The van der Waals surface area contributed by atoms with Crippen molar-refractivity contribution in [3.63, 3.8) is 0 Å². The highest BCUT2D eigenvalue weighted by Crippen LogP contribution is 2.14. The van der Waals surface area contributed by atoms with Gasteiger partial charge in [0.05, 0.1) is 0 Å². The van der Waals surface area contributed by atoms with Crippen LogP contribution >= 0.6 is 0 Å². The Morgan fingerprint density at radius 3 is 3.08 bits per heavy atom. The molecule has 0 bridgehead atoms. The minimum absolute atomic E-state index is 0.715. The Hall–Kier alpha value is -0.820. The number of nitrogens with one attached hydrogen (secondary N) is 1. The van der Waals surface area contributed by atoms with Gasteiger partial charge in [0.1, 0.15) is 0 Å². The molecule has 1 rings (SSSR count). The first-order valence-corrected chi connectivity index (χ1v) is 4.99. The second-order valence-corrected chi connectivity index (χ2v) is 3.67. The number of allylic oxidation sites excluding steroid dienone is 6. The first kappa shape index (κ1) is 10.3. The van der Waals surface area contributed by atoms with Gasteiger partial charge >= 0.3 is 0 Å². The van der Waals surface area contributed by atoms with E-state index < -0.39 is 0 Å². The zero-order valence-electron chi connectivity index (χ0n) is 8.59. The Kier molecular flexibility index (Phi) is 4.55. The molecule has 0 aliphatic heterocycles. The Balaban J connectivity index is 2.42. The Morgan fingerprint density at radius 1 is 1.46 bits per heavy atom. The van der Waals surface area contributed by atoms with Crippen LogP contribution in [0.5, 0.6) is 0 Å². The Morgan fingerprint density at radius 2 is 2.31 bits per heavy atom. The van der Waals surface area contributed by atoms with Crippen molar-refractivity contribution in [1.82, 2.24) is 5.32 Å². The fourth-order valence-corrected chi connectivity index (χ4v) is 1.58. The normalized spacial score (nSPS) is 18.2. The van der Waals surface area contributed by atoms with Gasteiger partial charge in [-0.1, -0.05) is 37.3 Å². The van der Waals surface area contributed by atoms with Gasteiger partial charge in [-0.05, 0) is 37.9 Å². The summed E-state index contributed by atoms with van der Waals surface area (Å²) in [4.78, 5) is 0. The second-order valence-electron chi connectivity index (χ2n) is 3.67. The van der Waals surface area contributed by atoms with Crippen molar-refractivity contribution in [3.05, 3.63) is 36.0 Å². The fraction of sp³-hybridized carbons (Fsp3) is 0.500. The smallest absolute Gasteiger partial charge is 0.00230 e. The minimum atomic E-state index is 0.715. The topological polar surface area (TPSA) is 12.0 Å². The lowest BCUT2D eigenvalue weighted by Crippen LogP contribution is -2.16. The van der Waals surface area contributed by atoms with Gasteiger partial charge in [0.15, 0.2) is 0 Å². The van der Waals surface area contributed by atoms with E-state index in [4.69, 9.17) is 0 Å². The third kappa shape index (κ3) is 4.09. The summed E-state index contributed by atoms with van der Waals surface area (Å²) in [5, 5.41) is 3.20. The maximum Gasteiger partial charge on any atom is -0.00230 e. The summed E-state index contributed by atoms with van der Waals surface area (Å²) in [6, 6.07) is 0. The first-order valence-electron chi connectivity index (χ1n) is 4.99. The molecule has 1 aliphatic carbocycles. The predicted molar refractivity (Wildman–Crippen MR) is 58.7 cm³/mol. The molecule has 1 nitrogen and oxygen atoms in total. The first-order chi connectivity index (χ1) is 6.33. The molecule has 1 heteroatoms. The average Bonchev–Trinajstić information content (AvgIpc) is 2.33. The van der Waals surface area contributed by atoms with Crippen LogP contribution in [0.4, 0.5) is 0 Å². The quantitative estimate of drug-likeness (QED) is 0.696. The molecule has 0 fully saturated rings. The third-order valence-corrected chi connectivity index (χ3v) is 2.19. The van der Waals surface area contributed by atoms with Crippen LogP contribution < -0.4 is 5.32 Å². The van der Waals surface area contributed by atoms with Gasteiger partial charge in [0.2, 0.25) is 0 Å². The molecule has 0 amide bonds. The van der Waals surface area contributed by atoms with Crippen molar-refractivity contribution < 1.29 is 0 Å². The molecule has 0 saturated heterocycles. The van der Waals surface area contributed by atoms with E-state index >= 15 is 0 Å². The molecule has 1 atom stereocenters. The molecule has 0 heterocycles. The van der Waals surface area contributed by atoms with Crippen LogP contribution in [-0.2, 0) is 0 Å². The third-order valence-electron chi connectivity index (χ3n) is 2.19. The van der Waals surface area contributed by atoms with Crippen LogP contribution in [0.2, 0.25) is 0 Å². The highest BCUT2D eigenvalue weighted by Gasteiger charge is 2.02.